The van der Waals surface area contributed by atoms with E-state index in [-0.39, 0.29) is 35.5 Å². The van der Waals surface area contributed by atoms with Gasteiger partial charge in [0.15, 0.2) is 18.2 Å². The van der Waals surface area contributed by atoms with Crippen LogP contribution < -0.4 is 5.32 Å². The Morgan fingerprint density at radius 1 is 1.34 bits per heavy atom. The molecule has 0 saturated carbocycles. The first kappa shape index (κ1) is 19.1. The van der Waals surface area contributed by atoms with Gasteiger partial charge in [-0.1, -0.05) is 0 Å². The largest absolute Gasteiger partial charge is 0.454 e. The Labute approximate surface area is 166 Å². The van der Waals surface area contributed by atoms with Gasteiger partial charge in [-0.25, -0.2) is 13.2 Å². The maximum absolute atomic E-state index is 12.5. The molecule has 0 saturated heterocycles. The standard InChI is InChI=1S/C19H17N3O6S/c1-11-14-9-12(4-5-15(14)20-18(11)24)16(23)10-28-19(25)13-3-2-6-22-7-8-29(26,27)21-17(13)22/h2-6,9,11H,7-8,10H2,1H3,(H,20,24)/t11-/m0/s1. The number of esters is 1. The van der Waals surface area contributed by atoms with Crippen molar-refractivity contribution in [3.05, 3.63) is 53.3 Å². The summed E-state index contributed by atoms with van der Waals surface area (Å²) in [6, 6.07) is 4.80. The molecule has 0 spiro atoms. The third kappa shape index (κ3) is 3.58. The number of amidine groups is 1. The minimum Gasteiger partial charge on any atom is -0.454 e. The third-order valence-electron chi connectivity index (χ3n) is 4.90. The van der Waals surface area contributed by atoms with Crippen LogP contribution in [0.4, 0.5) is 5.69 Å². The molecule has 10 heteroatoms. The summed E-state index contributed by atoms with van der Waals surface area (Å²) >= 11 is 0. The second-order valence-electron chi connectivity index (χ2n) is 6.83. The van der Waals surface area contributed by atoms with Crippen molar-refractivity contribution in [3.63, 3.8) is 0 Å². The molecule has 1 amide bonds. The Kier molecular flexibility index (Phi) is 4.58. The summed E-state index contributed by atoms with van der Waals surface area (Å²) in [5.74, 6) is -1.93. The van der Waals surface area contributed by atoms with Crippen LogP contribution in [0.5, 0.6) is 0 Å². The maximum atomic E-state index is 12.5. The fourth-order valence-corrected chi connectivity index (χ4v) is 4.24. The van der Waals surface area contributed by atoms with Crippen molar-refractivity contribution in [2.75, 3.05) is 24.2 Å². The molecule has 9 nitrogen and oxygen atoms in total. The number of nitrogens with zero attached hydrogens (tertiary/aromatic N) is 2. The molecule has 1 N–H and O–H groups in total. The van der Waals surface area contributed by atoms with Crippen molar-refractivity contribution in [1.29, 1.82) is 0 Å². The Morgan fingerprint density at radius 3 is 2.93 bits per heavy atom. The number of allylic oxidation sites excluding steroid dienone is 2. The highest BCUT2D eigenvalue weighted by Crippen LogP contribution is 2.32. The van der Waals surface area contributed by atoms with Gasteiger partial charge in [0.2, 0.25) is 5.91 Å². The molecule has 1 atom stereocenters. The third-order valence-corrected chi connectivity index (χ3v) is 6.05. The SMILES string of the molecule is C[C@@H]1C(=O)Nc2ccc(C(=O)COC(=O)C3=CC=CN4CCS(=O)(=O)N=C34)cc21. The van der Waals surface area contributed by atoms with Crippen LogP contribution in [0.1, 0.15) is 28.8 Å². The number of anilines is 1. The first-order valence-electron chi connectivity index (χ1n) is 8.88. The molecule has 0 bridgehead atoms. The summed E-state index contributed by atoms with van der Waals surface area (Å²) in [5.41, 5.74) is 1.66. The van der Waals surface area contributed by atoms with Gasteiger partial charge in [0, 0.05) is 24.0 Å². The summed E-state index contributed by atoms with van der Waals surface area (Å²) in [6.07, 6.45) is 4.61. The lowest BCUT2D eigenvalue weighted by molar-refractivity contribution is -0.137. The summed E-state index contributed by atoms with van der Waals surface area (Å²) in [7, 11) is -3.65. The van der Waals surface area contributed by atoms with Crippen molar-refractivity contribution in [1.82, 2.24) is 4.90 Å². The number of ether oxygens (including phenoxy) is 1. The van der Waals surface area contributed by atoms with Crippen molar-refractivity contribution in [3.8, 4) is 0 Å². The van der Waals surface area contributed by atoms with E-state index in [1.807, 2.05) is 0 Å². The Bertz CT molecular complexity index is 1130. The number of benzene rings is 1. The van der Waals surface area contributed by atoms with Crippen molar-refractivity contribution >= 4 is 39.2 Å². The Balaban J connectivity index is 1.47. The van der Waals surface area contributed by atoms with Crippen LogP contribution in [0.15, 0.2) is 46.5 Å². The molecular formula is C19H17N3O6S. The van der Waals surface area contributed by atoms with E-state index in [0.717, 1.165) is 0 Å². The van der Waals surface area contributed by atoms with E-state index < -0.39 is 28.4 Å². The van der Waals surface area contributed by atoms with Gasteiger partial charge in [-0.05, 0) is 42.8 Å². The molecule has 0 aromatic heterocycles. The predicted octanol–water partition coefficient (Wildman–Crippen LogP) is 0.966. The maximum Gasteiger partial charge on any atom is 0.342 e. The van der Waals surface area contributed by atoms with Crippen LogP contribution in [0.25, 0.3) is 0 Å². The van der Waals surface area contributed by atoms with Gasteiger partial charge in [-0.2, -0.15) is 0 Å². The molecule has 0 radical (unpaired) electrons. The molecule has 0 unspecified atom stereocenters. The highest BCUT2D eigenvalue weighted by atomic mass is 32.2. The number of nitrogens with one attached hydrogen (secondary N) is 1. The number of Topliss-reactive ketones (excluding diaryl/α,β-unsaturated/α-hetero) is 1. The first-order chi connectivity index (χ1) is 13.7. The van der Waals surface area contributed by atoms with Gasteiger partial charge < -0.3 is 15.0 Å². The second kappa shape index (κ2) is 6.96. The fourth-order valence-electron chi connectivity index (χ4n) is 3.26. The molecule has 1 aromatic carbocycles. The zero-order valence-electron chi connectivity index (χ0n) is 15.4. The molecule has 0 fully saturated rings. The highest BCUT2D eigenvalue weighted by molar-refractivity contribution is 7.90. The number of carbonyl (C=O) groups is 3. The van der Waals surface area contributed by atoms with Crippen LogP contribution in [0.2, 0.25) is 0 Å². The highest BCUT2D eigenvalue weighted by Gasteiger charge is 2.31. The Morgan fingerprint density at radius 2 is 2.14 bits per heavy atom. The summed E-state index contributed by atoms with van der Waals surface area (Å²) in [4.78, 5) is 38.2. The number of sulfonamides is 1. The summed E-state index contributed by atoms with van der Waals surface area (Å²) in [6.45, 7) is 1.40. The van der Waals surface area contributed by atoms with Crippen LogP contribution in [-0.4, -0.2) is 55.7 Å². The molecule has 0 aliphatic carbocycles. The van der Waals surface area contributed by atoms with Crippen LogP contribution in [0, 0.1) is 0 Å². The van der Waals surface area contributed by atoms with E-state index in [1.165, 1.54) is 6.08 Å². The summed E-state index contributed by atoms with van der Waals surface area (Å²) in [5, 5.41) is 2.72. The van der Waals surface area contributed by atoms with E-state index in [4.69, 9.17) is 4.74 Å². The average Bonchev–Trinajstić information content (AvgIpc) is 2.98. The van der Waals surface area contributed by atoms with Gasteiger partial charge in [0.25, 0.3) is 10.0 Å². The number of carbonyl (C=O) groups excluding carboxylic acids is 3. The molecular weight excluding hydrogens is 398 g/mol. The van der Waals surface area contributed by atoms with E-state index in [9.17, 15) is 22.8 Å². The van der Waals surface area contributed by atoms with Crippen LogP contribution in [-0.2, 0) is 24.3 Å². The number of fused-ring (bicyclic) bond motifs is 2. The monoisotopic (exact) mass is 415 g/mol. The number of amides is 1. The lowest BCUT2D eigenvalue weighted by Gasteiger charge is -2.28. The van der Waals surface area contributed by atoms with E-state index in [1.54, 1.807) is 42.3 Å². The number of ketones is 1. The lowest BCUT2D eigenvalue weighted by Crippen LogP contribution is -2.40. The summed E-state index contributed by atoms with van der Waals surface area (Å²) < 4.78 is 32.3. The molecule has 150 valence electrons. The van der Waals surface area contributed by atoms with E-state index in [0.29, 0.717) is 16.8 Å². The van der Waals surface area contributed by atoms with Crippen molar-refractivity contribution in [2.24, 2.45) is 4.40 Å². The smallest absolute Gasteiger partial charge is 0.342 e. The molecule has 29 heavy (non-hydrogen) atoms. The topological polar surface area (TPSA) is 122 Å². The average molecular weight is 415 g/mol. The van der Waals surface area contributed by atoms with E-state index in [2.05, 4.69) is 9.71 Å². The normalized spacial score (nSPS) is 21.5. The van der Waals surface area contributed by atoms with Crippen molar-refractivity contribution in [2.45, 2.75) is 12.8 Å². The number of hydrogen-bond acceptors (Lipinski definition) is 7. The lowest BCUT2D eigenvalue weighted by atomic mass is 9.99. The minimum absolute atomic E-state index is 0.00728. The Hall–Kier alpha value is -3.27. The fraction of sp³-hybridized carbons (Fsp3) is 0.263. The predicted molar refractivity (Wildman–Crippen MR) is 104 cm³/mol. The molecule has 3 aliphatic heterocycles. The molecule has 3 aliphatic rings. The van der Waals surface area contributed by atoms with Gasteiger partial charge >= 0.3 is 5.97 Å². The molecule has 3 heterocycles. The van der Waals surface area contributed by atoms with E-state index >= 15 is 0 Å². The zero-order valence-corrected chi connectivity index (χ0v) is 16.2. The first-order valence-corrected chi connectivity index (χ1v) is 10.5. The van der Waals surface area contributed by atoms with Gasteiger partial charge in [-0.15, -0.1) is 4.40 Å². The minimum atomic E-state index is -3.65. The second-order valence-corrected chi connectivity index (χ2v) is 8.58. The van der Waals surface area contributed by atoms with Crippen LogP contribution in [0.3, 0.4) is 0 Å². The zero-order chi connectivity index (χ0) is 20.8. The molecule has 4 rings (SSSR count). The van der Waals surface area contributed by atoms with Gasteiger partial charge in [0.05, 0.1) is 11.7 Å². The quantitative estimate of drug-likeness (QED) is 0.574. The van der Waals surface area contributed by atoms with Crippen LogP contribution >= 0.6 is 0 Å². The number of rotatable bonds is 4. The van der Waals surface area contributed by atoms with Gasteiger partial charge in [-0.3, -0.25) is 9.59 Å². The molecule has 1 aromatic rings. The van der Waals surface area contributed by atoms with Crippen molar-refractivity contribution < 1.29 is 27.5 Å². The number of hydrogen-bond donors (Lipinski definition) is 1. The van der Waals surface area contributed by atoms with Gasteiger partial charge in [0.1, 0.15) is 5.57 Å².